The number of thiol groups is 1. The number of rotatable bonds is 8. The van der Waals surface area contributed by atoms with E-state index in [9.17, 15) is 0 Å². The molecule has 0 saturated carbocycles. The zero-order valence-electron chi connectivity index (χ0n) is 8.18. The average Bonchev–Trinajstić information content (AvgIpc) is 2.11. The summed E-state index contributed by atoms with van der Waals surface area (Å²) < 4.78 is 5.60. The molecule has 3 heteroatoms. The summed E-state index contributed by atoms with van der Waals surface area (Å²) in [6.07, 6.45) is 2.56. The summed E-state index contributed by atoms with van der Waals surface area (Å²) in [4.78, 5) is 0. The van der Waals surface area contributed by atoms with Crippen LogP contribution in [0.2, 0.25) is 0 Å². The van der Waals surface area contributed by atoms with E-state index in [0.29, 0.717) is 6.10 Å². The van der Waals surface area contributed by atoms with E-state index in [0.717, 1.165) is 38.3 Å². The summed E-state index contributed by atoms with van der Waals surface area (Å²) in [5, 5.41) is 3.29. The molecule has 0 aliphatic carbocycles. The molecule has 0 aromatic carbocycles. The van der Waals surface area contributed by atoms with Crippen LogP contribution in [0.15, 0.2) is 0 Å². The fourth-order valence-corrected chi connectivity index (χ4v) is 1.11. The second kappa shape index (κ2) is 9.36. The van der Waals surface area contributed by atoms with Crippen molar-refractivity contribution in [1.29, 1.82) is 0 Å². The summed E-state index contributed by atoms with van der Waals surface area (Å²) in [7, 11) is 0. The van der Waals surface area contributed by atoms with Crippen LogP contribution in [0.5, 0.6) is 0 Å². The first-order chi connectivity index (χ1) is 5.85. The lowest BCUT2D eigenvalue weighted by molar-refractivity contribution is 0.0516. The van der Waals surface area contributed by atoms with E-state index < -0.39 is 0 Å². The van der Waals surface area contributed by atoms with E-state index in [1.54, 1.807) is 0 Å². The smallest absolute Gasteiger partial charge is 0.0696 e. The number of hydrogen-bond donors (Lipinski definition) is 2. The van der Waals surface area contributed by atoms with E-state index in [1.807, 2.05) is 0 Å². The maximum Gasteiger partial charge on any atom is 0.0696 e. The molecule has 74 valence electrons. The molecule has 0 aromatic heterocycles. The molecule has 0 aromatic rings. The summed E-state index contributed by atoms with van der Waals surface area (Å²) >= 11 is 4.12. The molecule has 1 atom stereocenters. The maximum atomic E-state index is 5.60. The van der Waals surface area contributed by atoms with Crippen molar-refractivity contribution in [3.05, 3.63) is 0 Å². The van der Waals surface area contributed by atoms with E-state index in [2.05, 4.69) is 31.8 Å². The standard InChI is InChI=1S/C9H21NOS/c1-3-6-11-9(4-2)8-10-5-7-12/h9-10,12H,3-8H2,1-2H3. The Kier molecular flexibility index (Phi) is 9.57. The van der Waals surface area contributed by atoms with Crippen molar-refractivity contribution in [2.75, 3.05) is 25.4 Å². The SMILES string of the molecule is CCCOC(CC)CNCCS. The first kappa shape index (κ1) is 12.3. The van der Waals surface area contributed by atoms with Gasteiger partial charge in [-0.3, -0.25) is 0 Å². The van der Waals surface area contributed by atoms with E-state index in [4.69, 9.17) is 4.74 Å². The largest absolute Gasteiger partial charge is 0.377 e. The molecule has 1 N–H and O–H groups in total. The summed E-state index contributed by atoms with van der Waals surface area (Å²) in [5.74, 6) is 0.893. The van der Waals surface area contributed by atoms with Gasteiger partial charge in [-0.25, -0.2) is 0 Å². The minimum absolute atomic E-state index is 0.379. The second-order valence-corrected chi connectivity index (χ2v) is 3.28. The first-order valence-corrected chi connectivity index (χ1v) is 5.41. The molecular formula is C9H21NOS. The van der Waals surface area contributed by atoms with Crippen molar-refractivity contribution in [1.82, 2.24) is 5.32 Å². The van der Waals surface area contributed by atoms with Gasteiger partial charge in [-0.15, -0.1) is 0 Å². The first-order valence-electron chi connectivity index (χ1n) is 4.78. The third-order valence-corrected chi connectivity index (χ3v) is 1.90. The lowest BCUT2D eigenvalue weighted by atomic mass is 10.3. The van der Waals surface area contributed by atoms with Gasteiger partial charge in [0.25, 0.3) is 0 Å². The minimum atomic E-state index is 0.379. The molecular weight excluding hydrogens is 170 g/mol. The average molecular weight is 191 g/mol. The Morgan fingerprint density at radius 1 is 1.42 bits per heavy atom. The van der Waals surface area contributed by atoms with Crippen molar-refractivity contribution in [2.45, 2.75) is 32.8 Å². The van der Waals surface area contributed by atoms with Crippen molar-refractivity contribution >= 4 is 12.6 Å². The van der Waals surface area contributed by atoms with Crippen molar-refractivity contribution in [3.8, 4) is 0 Å². The second-order valence-electron chi connectivity index (χ2n) is 2.83. The van der Waals surface area contributed by atoms with Gasteiger partial charge in [0.2, 0.25) is 0 Å². The van der Waals surface area contributed by atoms with Gasteiger partial charge in [-0.1, -0.05) is 13.8 Å². The highest BCUT2D eigenvalue weighted by Crippen LogP contribution is 1.97. The van der Waals surface area contributed by atoms with Gasteiger partial charge in [0, 0.05) is 25.4 Å². The van der Waals surface area contributed by atoms with Gasteiger partial charge in [0.15, 0.2) is 0 Å². The van der Waals surface area contributed by atoms with Crippen LogP contribution in [-0.4, -0.2) is 31.6 Å². The lowest BCUT2D eigenvalue weighted by Gasteiger charge is -2.15. The Morgan fingerprint density at radius 3 is 2.67 bits per heavy atom. The van der Waals surface area contributed by atoms with Gasteiger partial charge >= 0.3 is 0 Å². The third-order valence-electron chi connectivity index (χ3n) is 1.67. The van der Waals surface area contributed by atoms with Crippen LogP contribution in [0, 0.1) is 0 Å². The Bertz CT molecular complexity index is 90.6. The predicted octanol–water partition coefficient (Wildman–Crippen LogP) is 1.71. The molecule has 0 rings (SSSR count). The van der Waals surface area contributed by atoms with Crippen LogP contribution < -0.4 is 5.32 Å². The molecule has 0 amide bonds. The summed E-state index contributed by atoms with van der Waals surface area (Å²) in [6.45, 7) is 7.09. The molecule has 0 spiro atoms. The molecule has 0 fully saturated rings. The molecule has 0 radical (unpaired) electrons. The van der Waals surface area contributed by atoms with Crippen LogP contribution in [-0.2, 0) is 4.74 Å². The van der Waals surface area contributed by atoms with E-state index in [1.165, 1.54) is 0 Å². The monoisotopic (exact) mass is 191 g/mol. The van der Waals surface area contributed by atoms with Crippen LogP contribution >= 0.6 is 12.6 Å². The van der Waals surface area contributed by atoms with Crippen molar-refractivity contribution < 1.29 is 4.74 Å². The molecule has 12 heavy (non-hydrogen) atoms. The van der Waals surface area contributed by atoms with Crippen LogP contribution in [0.3, 0.4) is 0 Å². The van der Waals surface area contributed by atoms with Crippen LogP contribution in [0.25, 0.3) is 0 Å². The zero-order chi connectivity index (χ0) is 9.23. The highest BCUT2D eigenvalue weighted by atomic mass is 32.1. The van der Waals surface area contributed by atoms with Gasteiger partial charge in [-0.05, 0) is 12.8 Å². The van der Waals surface area contributed by atoms with Crippen molar-refractivity contribution in [3.63, 3.8) is 0 Å². The fourth-order valence-electron chi connectivity index (χ4n) is 0.948. The molecule has 2 nitrogen and oxygen atoms in total. The van der Waals surface area contributed by atoms with Crippen LogP contribution in [0.4, 0.5) is 0 Å². The van der Waals surface area contributed by atoms with Gasteiger partial charge in [0.05, 0.1) is 6.10 Å². The van der Waals surface area contributed by atoms with Gasteiger partial charge in [0.1, 0.15) is 0 Å². The molecule has 1 unspecified atom stereocenters. The van der Waals surface area contributed by atoms with E-state index >= 15 is 0 Å². The molecule has 0 aliphatic rings. The highest BCUT2D eigenvalue weighted by molar-refractivity contribution is 7.80. The summed E-state index contributed by atoms with van der Waals surface area (Å²) in [6, 6.07) is 0. The molecule has 0 heterocycles. The zero-order valence-corrected chi connectivity index (χ0v) is 9.07. The predicted molar refractivity (Wildman–Crippen MR) is 57.0 cm³/mol. The Labute approximate surface area is 81.5 Å². The lowest BCUT2D eigenvalue weighted by Crippen LogP contribution is -2.30. The number of hydrogen-bond acceptors (Lipinski definition) is 3. The molecule has 0 bridgehead atoms. The summed E-state index contributed by atoms with van der Waals surface area (Å²) in [5.41, 5.74) is 0. The van der Waals surface area contributed by atoms with Gasteiger partial charge in [-0.2, -0.15) is 12.6 Å². The molecule has 0 aliphatic heterocycles. The van der Waals surface area contributed by atoms with Crippen LogP contribution in [0.1, 0.15) is 26.7 Å². The topological polar surface area (TPSA) is 21.3 Å². The van der Waals surface area contributed by atoms with Crippen molar-refractivity contribution in [2.24, 2.45) is 0 Å². The maximum absolute atomic E-state index is 5.60. The number of ether oxygens (including phenoxy) is 1. The Hall–Kier alpha value is 0.270. The quantitative estimate of drug-likeness (QED) is 0.450. The molecule has 0 saturated heterocycles. The Morgan fingerprint density at radius 2 is 2.17 bits per heavy atom. The normalized spacial score (nSPS) is 13.2. The fraction of sp³-hybridized carbons (Fsp3) is 1.00. The highest BCUT2D eigenvalue weighted by Gasteiger charge is 2.03. The van der Waals surface area contributed by atoms with E-state index in [-0.39, 0.29) is 0 Å². The third kappa shape index (κ3) is 6.95. The minimum Gasteiger partial charge on any atom is -0.377 e. The Balaban J connectivity index is 3.26. The van der Waals surface area contributed by atoms with Gasteiger partial charge < -0.3 is 10.1 Å². The number of nitrogens with one attached hydrogen (secondary N) is 1.